The number of ether oxygens (including phenoxy) is 5. The van der Waals surface area contributed by atoms with Gasteiger partial charge in [-0.15, -0.1) is 0 Å². The van der Waals surface area contributed by atoms with E-state index in [0.29, 0.717) is 84.0 Å². The molecule has 15 heteroatoms. The van der Waals surface area contributed by atoms with E-state index >= 15 is 0 Å². The number of morpholine rings is 1. The summed E-state index contributed by atoms with van der Waals surface area (Å²) in [6.07, 6.45) is 11.6. The van der Waals surface area contributed by atoms with Gasteiger partial charge in [0.2, 0.25) is 11.8 Å². The summed E-state index contributed by atoms with van der Waals surface area (Å²) in [5.41, 5.74) is 0.924. The number of halogens is 1. The Morgan fingerprint density at radius 2 is 1.85 bits per heavy atom. The monoisotopic (exact) mass is 847 g/mol. The molecule has 5 fully saturated rings. The van der Waals surface area contributed by atoms with Crippen molar-refractivity contribution in [2.24, 2.45) is 17.8 Å². The molecule has 8 atom stereocenters. The highest BCUT2D eigenvalue weighted by Crippen LogP contribution is 2.52. The smallest absolute Gasteiger partial charge is 0.408 e. The van der Waals surface area contributed by atoms with Crippen LogP contribution in [0.5, 0.6) is 11.5 Å². The molecule has 3 aliphatic carbocycles. The second kappa shape index (κ2) is 18.3. The van der Waals surface area contributed by atoms with Crippen LogP contribution in [-0.4, -0.2) is 122 Å². The molecule has 2 aromatic rings. The number of benzene rings is 1. The first-order valence-corrected chi connectivity index (χ1v) is 22.1. The fourth-order valence-electron chi connectivity index (χ4n) is 9.49. The Morgan fingerprint density at radius 3 is 2.62 bits per heavy atom. The predicted octanol–water partition coefficient (Wildman–Crippen LogP) is 5.83. The lowest BCUT2D eigenvalue weighted by Gasteiger charge is -2.29. The van der Waals surface area contributed by atoms with E-state index in [4.69, 9.17) is 40.3 Å². The molecular weight excluding hydrogens is 790 g/mol. The molecule has 2 saturated heterocycles. The van der Waals surface area contributed by atoms with Crippen LogP contribution in [0.25, 0.3) is 17.0 Å². The standard InChI is InChI=1S/C45H58ClN5O9/c1-27(2)19-31-23-38(34-11-12-37(39(46)40(34)47-31)58-18-15-50-13-16-57-17-14-50)59-33-24-36-41(52)49-45(43(54)56-3)25-30(45)9-7-5-4-6-8-10-35(42(53)51(36)26-33)48-44(55)60-32-21-28-20-29(28)22-32/h7,9,11-12,19,23,28-30,32-33,35-36H,4-6,8,10,13-18,20-22,24-26H2,1-3H3,(H,48,55)(H,49,52)/b9-7-/t28-,29+,30-,32?,33+,35-,36-,45+/m0/s1. The highest BCUT2D eigenvalue weighted by molar-refractivity contribution is 6.36. The highest BCUT2D eigenvalue weighted by atomic mass is 35.5. The second-order valence-corrected chi connectivity index (χ2v) is 18.0. The Hall–Kier alpha value is -4.40. The zero-order valence-electron chi connectivity index (χ0n) is 34.9. The zero-order valence-corrected chi connectivity index (χ0v) is 35.7. The largest absolute Gasteiger partial charge is 0.491 e. The summed E-state index contributed by atoms with van der Waals surface area (Å²) in [4.78, 5) is 64.4. The molecule has 14 nitrogen and oxygen atoms in total. The van der Waals surface area contributed by atoms with Gasteiger partial charge in [-0.05, 0) is 88.8 Å². The molecule has 4 heterocycles. The summed E-state index contributed by atoms with van der Waals surface area (Å²) in [6.45, 7) is 8.30. The van der Waals surface area contributed by atoms with Crippen molar-refractivity contribution in [2.75, 3.05) is 53.1 Å². The van der Waals surface area contributed by atoms with Crippen LogP contribution in [0.4, 0.5) is 4.79 Å². The predicted molar refractivity (Wildman–Crippen MR) is 225 cm³/mol. The molecule has 60 heavy (non-hydrogen) atoms. The summed E-state index contributed by atoms with van der Waals surface area (Å²) in [5, 5.41) is 6.90. The SMILES string of the molecule is COC(=O)[C@@]12C[C@@H]1/C=C\CCCCC[C@H](NC(=O)OC1C[C@@H]3C[C@@H]3C1)C(=O)N1C[C@H](Oc3cc(C=C(C)C)nc4c(Cl)c(OCCN5CCOCC5)ccc34)C[C@H]1C(=O)N2. The van der Waals surface area contributed by atoms with Crippen LogP contribution in [0.1, 0.15) is 83.7 Å². The van der Waals surface area contributed by atoms with Gasteiger partial charge < -0.3 is 39.2 Å². The first-order valence-electron chi connectivity index (χ1n) is 21.7. The molecule has 2 N–H and O–H groups in total. The number of aromatic nitrogens is 1. The van der Waals surface area contributed by atoms with Crippen LogP contribution >= 0.6 is 11.6 Å². The maximum absolute atomic E-state index is 14.7. The highest BCUT2D eigenvalue weighted by Gasteiger charge is 2.62. The van der Waals surface area contributed by atoms with Gasteiger partial charge in [0.1, 0.15) is 53.0 Å². The number of carbonyl (C=O) groups is 4. The summed E-state index contributed by atoms with van der Waals surface area (Å²) in [5.74, 6) is 0.624. The van der Waals surface area contributed by atoms with Gasteiger partial charge in [-0.3, -0.25) is 14.5 Å². The lowest BCUT2D eigenvalue weighted by molar-refractivity contribution is -0.148. The van der Waals surface area contributed by atoms with Crippen LogP contribution in [-0.2, 0) is 28.6 Å². The van der Waals surface area contributed by atoms with Crippen LogP contribution in [0, 0.1) is 17.8 Å². The number of pyridine rings is 1. The Balaban J connectivity index is 1.06. The molecule has 1 unspecified atom stereocenters. The average molecular weight is 848 g/mol. The summed E-state index contributed by atoms with van der Waals surface area (Å²) >= 11 is 7.02. The average Bonchev–Trinajstić information content (AvgIpc) is 4.02. The minimum Gasteiger partial charge on any atom is -0.491 e. The Kier molecular flexibility index (Phi) is 12.9. The third kappa shape index (κ3) is 9.55. The molecule has 324 valence electrons. The number of hydrogen-bond donors (Lipinski definition) is 2. The number of nitrogens with zero attached hydrogens (tertiary/aromatic N) is 3. The summed E-state index contributed by atoms with van der Waals surface area (Å²) in [6, 6.07) is 3.60. The number of hydrogen-bond acceptors (Lipinski definition) is 11. The van der Waals surface area contributed by atoms with E-state index in [-0.39, 0.29) is 25.0 Å². The van der Waals surface area contributed by atoms with Gasteiger partial charge in [0.05, 0.1) is 38.1 Å². The van der Waals surface area contributed by atoms with Crippen molar-refractivity contribution in [1.29, 1.82) is 0 Å². The summed E-state index contributed by atoms with van der Waals surface area (Å²) in [7, 11) is 1.31. The molecule has 1 aromatic heterocycles. The van der Waals surface area contributed by atoms with Gasteiger partial charge in [0.25, 0.3) is 0 Å². The first kappa shape index (κ1) is 42.3. The van der Waals surface area contributed by atoms with E-state index in [1.807, 2.05) is 50.3 Å². The van der Waals surface area contributed by atoms with E-state index in [2.05, 4.69) is 15.5 Å². The van der Waals surface area contributed by atoms with Gasteiger partial charge in [-0.1, -0.05) is 42.2 Å². The van der Waals surface area contributed by atoms with Crippen LogP contribution < -0.4 is 20.1 Å². The topological polar surface area (TPSA) is 158 Å². The first-order chi connectivity index (χ1) is 29.0. The van der Waals surface area contributed by atoms with Crippen molar-refractivity contribution in [3.8, 4) is 11.5 Å². The van der Waals surface area contributed by atoms with Gasteiger partial charge in [-0.2, -0.15) is 0 Å². The van der Waals surface area contributed by atoms with E-state index in [1.54, 1.807) is 0 Å². The van der Waals surface area contributed by atoms with Crippen molar-refractivity contribution in [2.45, 2.75) is 108 Å². The Labute approximate surface area is 356 Å². The van der Waals surface area contributed by atoms with Gasteiger partial charge >= 0.3 is 12.1 Å². The third-order valence-electron chi connectivity index (χ3n) is 12.9. The van der Waals surface area contributed by atoms with Crippen LogP contribution in [0.15, 0.2) is 35.9 Å². The second-order valence-electron chi connectivity index (χ2n) is 17.6. The maximum Gasteiger partial charge on any atom is 0.408 e. The van der Waals surface area contributed by atoms with E-state index in [9.17, 15) is 19.2 Å². The number of alkyl carbamates (subject to hydrolysis) is 1. The van der Waals surface area contributed by atoms with Crippen LogP contribution in [0.2, 0.25) is 5.02 Å². The molecule has 6 aliphatic rings. The fraction of sp³-hybridized carbons (Fsp3) is 0.622. The molecular formula is C45H58ClN5O9. The Bertz CT molecular complexity index is 2010. The van der Waals surface area contributed by atoms with Crippen molar-refractivity contribution < 1.29 is 42.9 Å². The zero-order chi connectivity index (χ0) is 42.0. The number of rotatable bonds is 10. The number of carbonyl (C=O) groups excluding carboxylic acids is 4. The molecule has 0 bridgehead atoms. The van der Waals surface area contributed by atoms with E-state index in [1.165, 1.54) is 18.4 Å². The van der Waals surface area contributed by atoms with E-state index in [0.717, 1.165) is 57.3 Å². The number of amides is 3. The maximum atomic E-state index is 14.7. The fourth-order valence-corrected chi connectivity index (χ4v) is 9.76. The van der Waals surface area contributed by atoms with Gasteiger partial charge in [-0.25, -0.2) is 14.6 Å². The Morgan fingerprint density at radius 1 is 1.05 bits per heavy atom. The third-order valence-corrected chi connectivity index (χ3v) is 13.3. The normalized spacial score (nSPS) is 31.0. The molecule has 1 aromatic carbocycles. The number of allylic oxidation sites excluding steroid dienone is 2. The van der Waals surface area contributed by atoms with Crippen molar-refractivity contribution in [3.63, 3.8) is 0 Å². The van der Waals surface area contributed by atoms with E-state index < -0.39 is 47.6 Å². The lowest BCUT2D eigenvalue weighted by atomic mass is 10.0. The summed E-state index contributed by atoms with van der Waals surface area (Å²) < 4.78 is 29.4. The lowest BCUT2D eigenvalue weighted by Crippen LogP contribution is -2.56. The number of fused-ring (bicyclic) bond motifs is 4. The van der Waals surface area contributed by atoms with Crippen molar-refractivity contribution in [1.82, 2.24) is 25.4 Å². The van der Waals surface area contributed by atoms with Crippen LogP contribution in [0.3, 0.4) is 0 Å². The van der Waals surface area contributed by atoms with Crippen molar-refractivity contribution >= 4 is 52.5 Å². The molecule has 3 amide bonds. The number of esters is 1. The molecule has 3 saturated carbocycles. The molecule has 0 spiro atoms. The quantitative estimate of drug-likeness (QED) is 0.219. The number of methoxy groups -OCH3 is 1. The molecule has 0 radical (unpaired) electrons. The van der Waals surface area contributed by atoms with Crippen molar-refractivity contribution in [3.05, 3.63) is 46.6 Å². The molecule has 3 aliphatic heterocycles. The van der Waals surface area contributed by atoms with Gasteiger partial charge in [0.15, 0.2) is 0 Å². The number of nitrogens with one attached hydrogen (secondary N) is 2. The van der Waals surface area contributed by atoms with Gasteiger partial charge in [0, 0.05) is 43.4 Å². The minimum absolute atomic E-state index is 0.0585. The molecule has 8 rings (SSSR count). The minimum atomic E-state index is -1.22.